The van der Waals surface area contributed by atoms with Gasteiger partial charge >= 0.3 is 0 Å². The van der Waals surface area contributed by atoms with E-state index >= 15 is 0 Å². The molecule has 0 spiro atoms. The summed E-state index contributed by atoms with van der Waals surface area (Å²) >= 11 is 0. The van der Waals surface area contributed by atoms with Crippen LogP contribution in [0, 0.1) is 0 Å². The molecule has 0 fully saturated rings. The zero-order chi connectivity index (χ0) is 43.5. The lowest BCUT2D eigenvalue weighted by molar-refractivity contribution is 1.27. The molecule has 0 radical (unpaired) electrons. The molecule has 0 atom stereocenters. The molecule has 0 saturated heterocycles. The van der Waals surface area contributed by atoms with Crippen LogP contribution < -0.4 is 0 Å². The van der Waals surface area contributed by atoms with Crippen molar-refractivity contribution < 1.29 is 0 Å². The van der Waals surface area contributed by atoms with Crippen LogP contribution in [-0.2, 0) is 0 Å². The molecule has 0 N–H and O–H groups in total. The highest BCUT2D eigenvalue weighted by Crippen LogP contribution is 2.44. The van der Waals surface area contributed by atoms with E-state index in [4.69, 9.17) is 0 Å². The van der Waals surface area contributed by atoms with Gasteiger partial charge in [0, 0.05) is 0 Å². The molecule has 1 aliphatic rings. The second-order valence-corrected chi connectivity index (χ2v) is 16.3. The molecule has 0 unspecified atom stereocenters. The van der Waals surface area contributed by atoms with Gasteiger partial charge in [-0.2, -0.15) is 0 Å². The summed E-state index contributed by atoms with van der Waals surface area (Å²) in [7, 11) is 0. The van der Waals surface area contributed by atoms with Crippen LogP contribution >= 0.6 is 0 Å². The molecule has 0 nitrogen and oxygen atoms in total. The highest BCUT2D eigenvalue weighted by atomic mass is 14.2. The molecule has 8 aromatic rings. The van der Waals surface area contributed by atoms with Gasteiger partial charge in [0.15, 0.2) is 0 Å². The van der Waals surface area contributed by atoms with E-state index in [0.29, 0.717) is 0 Å². The van der Waals surface area contributed by atoms with Gasteiger partial charge in [0.1, 0.15) is 0 Å². The first kappa shape index (κ1) is 41.5. The first-order valence-corrected chi connectivity index (χ1v) is 22.4. The van der Waals surface area contributed by atoms with Crippen molar-refractivity contribution in [2.24, 2.45) is 0 Å². The molecule has 0 amide bonds. The third-order valence-electron chi connectivity index (χ3n) is 12.1. The van der Waals surface area contributed by atoms with E-state index in [1.165, 1.54) is 88.3 Å². The summed E-state index contributed by atoms with van der Waals surface area (Å²) in [6.45, 7) is 4.20. The highest BCUT2D eigenvalue weighted by Gasteiger charge is 2.18. The van der Waals surface area contributed by atoms with Gasteiger partial charge in [0.2, 0.25) is 0 Å². The van der Waals surface area contributed by atoms with Crippen molar-refractivity contribution in [3.63, 3.8) is 0 Å². The van der Waals surface area contributed by atoms with Crippen LogP contribution in [-0.4, -0.2) is 0 Å². The zero-order valence-electron chi connectivity index (χ0n) is 36.7. The predicted molar refractivity (Wildman–Crippen MR) is 280 cm³/mol. The maximum absolute atomic E-state index is 2.37. The summed E-state index contributed by atoms with van der Waals surface area (Å²) in [6, 6.07) is 66.3. The Morgan fingerprint density at radius 3 is 1.50 bits per heavy atom. The number of benzene rings is 8. The minimum atomic E-state index is 0.923. The van der Waals surface area contributed by atoms with Gasteiger partial charge in [-0.1, -0.05) is 242 Å². The van der Waals surface area contributed by atoms with E-state index in [-0.39, 0.29) is 0 Å². The molecule has 9 rings (SSSR count). The SMILES string of the molecule is C/C=C(C)/C=C/C=C/c1ccc2c(-c3ccc(C=C(c4ccccc4)c4ccccc4)cc3)c3ccccc3c(-c3ccc(/C=C(/C4=CC/C=C\C/C=C\4)c4ccccc4)cc3)c2c1. The number of rotatable bonds is 11. The third-order valence-corrected chi connectivity index (χ3v) is 12.1. The fourth-order valence-electron chi connectivity index (χ4n) is 8.67. The van der Waals surface area contributed by atoms with Gasteiger partial charge in [-0.05, 0) is 139 Å². The summed E-state index contributed by atoms with van der Waals surface area (Å²) in [4.78, 5) is 0. The average molecular weight is 821 g/mol. The minimum Gasteiger partial charge on any atom is -0.0847 e. The highest BCUT2D eigenvalue weighted by molar-refractivity contribution is 6.21. The number of hydrogen-bond acceptors (Lipinski definition) is 0. The molecule has 0 heterocycles. The molecule has 0 saturated carbocycles. The van der Waals surface area contributed by atoms with Crippen LogP contribution in [0.5, 0.6) is 0 Å². The lowest BCUT2D eigenvalue weighted by Gasteiger charge is -2.19. The molecule has 8 aromatic carbocycles. The molecule has 64 heavy (non-hydrogen) atoms. The fourth-order valence-corrected chi connectivity index (χ4v) is 8.67. The predicted octanol–water partition coefficient (Wildman–Crippen LogP) is 17.8. The molecule has 1 aliphatic carbocycles. The quantitative estimate of drug-likeness (QED) is 0.0528. The topological polar surface area (TPSA) is 0 Å². The zero-order valence-corrected chi connectivity index (χ0v) is 36.7. The Morgan fingerprint density at radius 2 is 0.922 bits per heavy atom. The van der Waals surface area contributed by atoms with E-state index in [2.05, 4.69) is 269 Å². The summed E-state index contributed by atoms with van der Waals surface area (Å²) < 4.78 is 0. The van der Waals surface area contributed by atoms with Gasteiger partial charge < -0.3 is 0 Å². The lowest BCUT2D eigenvalue weighted by atomic mass is 9.85. The maximum atomic E-state index is 2.37. The van der Waals surface area contributed by atoms with Gasteiger partial charge in [-0.15, -0.1) is 0 Å². The Bertz CT molecular complexity index is 3100. The standard InChI is InChI=1S/C64H52/c1-3-47(2)22-18-19-23-48-38-43-59-62(46-48)64(56-41-36-50(37-42-56)45-60(52-26-12-7-13-27-52)51-24-10-5-4-6-11-25-51)58-33-21-20-32-57(58)63(59)55-39-34-49(35-40-55)44-61(53-28-14-8-15-29-53)54-30-16-9-17-31-54/h3-5,7-9,11-46H,6,10H2,1-2H3/b5-4-,22-18+,23-19+,25-11-,47-3+,51-24?,60-45-. The van der Waals surface area contributed by atoms with Crippen molar-refractivity contribution in [1.29, 1.82) is 0 Å². The van der Waals surface area contributed by atoms with Crippen LogP contribution in [0.1, 0.15) is 60.1 Å². The lowest BCUT2D eigenvalue weighted by Crippen LogP contribution is -1.92. The summed E-state index contributed by atoms with van der Waals surface area (Å²) in [6.07, 6.45) is 28.6. The van der Waals surface area contributed by atoms with Crippen LogP contribution in [0.4, 0.5) is 0 Å². The monoisotopic (exact) mass is 820 g/mol. The second-order valence-electron chi connectivity index (χ2n) is 16.3. The summed E-state index contributed by atoms with van der Waals surface area (Å²) in [5.41, 5.74) is 16.9. The molecule has 308 valence electrons. The number of fused-ring (bicyclic) bond motifs is 2. The Hall–Kier alpha value is -7.80. The van der Waals surface area contributed by atoms with Crippen LogP contribution in [0.25, 0.3) is 73.2 Å². The van der Waals surface area contributed by atoms with E-state index in [9.17, 15) is 0 Å². The van der Waals surface area contributed by atoms with Crippen molar-refractivity contribution in [2.45, 2.75) is 26.7 Å². The van der Waals surface area contributed by atoms with E-state index in [1.54, 1.807) is 0 Å². The maximum Gasteiger partial charge on any atom is -0.00262 e. The van der Waals surface area contributed by atoms with Crippen LogP contribution in [0.2, 0.25) is 0 Å². The normalized spacial score (nSPS) is 14.4. The molecule has 0 heteroatoms. The fraction of sp³-hybridized carbons (Fsp3) is 0.0625. The summed E-state index contributed by atoms with van der Waals surface area (Å²) in [5.74, 6) is 0. The molecule has 0 aliphatic heterocycles. The van der Waals surface area contributed by atoms with Crippen molar-refractivity contribution in [1.82, 2.24) is 0 Å². The first-order valence-electron chi connectivity index (χ1n) is 22.4. The molecular weight excluding hydrogens is 769 g/mol. The van der Waals surface area contributed by atoms with Crippen molar-refractivity contribution in [3.8, 4) is 22.3 Å². The van der Waals surface area contributed by atoms with Crippen molar-refractivity contribution in [2.75, 3.05) is 0 Å². The average Bonchev–Trinajstić information content (AvgIpc) is 3.34. The van der Waals surface area contributed by atoms with Crippen LogP contribution in [0.3, 0.4) is 0 Å². The van der Waals surface area contributed by atoms with E-state index < -0.39 is 0 Å². The molecule has 0 bridgehead atoms. The second kappa shape index (κ2) is 19.9. The van der Waals surface area contributed by atoms with E-state index in [1.807, 2.05) is 0 Å². The van der Waals surface area contributed by atoms with Gasteiger partial charge in [-0.25, -0.2) is 0 Å². The molecular formula is C64H52. The smallest absolute Gasteiger partial charge is 0.00262 e. The largest absolute Gasteiger partial charge is 0.0847 e. The number of allylic oxidation sites excluding steroid dienone is 12. The first-order chi connectivity index (χ1) is 31.6. The molecule has 0 aromatic heterocycles. The minimum absolute atomic E-state index is 0.923. The van der Waals surface area contributed by atoms with Crippen molar-refractivity contribution >= 4 is 50.9 Å². The summed E-state index contributed by atoms with van der Waals surface area (Å²) in [5, 5.41) is 4.94. The van der Waals surface area contributed by atoms with Crippen LogP contribution in [0.15, 0.2) is 248 Å². The van der Waals surface area contributed by atoms with Gasteiger partial charge in [0.05, 0.1) is 0 Å². The Labute approximate surface area is 379 Å². The Morgan fingerprint density at radius 1 is 0.438 bits per heavy atom. The van der Waals surface area contributed by atoms with Crippen molar-refractivity contribution in [3.05, 3.63) is 281 Å². The van der Waals surface area contributed by atoms with Gasteiger partial charge in [-0.3, -0.25) is 0 Å². The number of hydrogen-bond donors (Lipinski definition) is 0. The Kier molecular flexibility index (Phi) is 12.9. The van der Waals surface area contributed by atoms with E-state index in [0.717, 1.165) is 24.0 Å². The third kappa shape index (κ3) is 9.48. The Balaban J connectivity index is 1.18. The van der Waals surface area contributed by atoms with Gasteiger partial charge in [0.25, 0.3) is 0 Å².